The third-order valence-corrected chi connectivity index (χ3v) is 2.00. The van der Waals surface area contributed by atoms with Crippen LogP contribution in [0.25, 0.3) is 0 Å². The van der Waals surface area contributed by atoms with Gasteiger partial charge in [0.05, 0.1) is 11.3 Å². The second-order valence-electron chi connectivity index (χ2n) is 2.37. The Morgan fingerprint density at radius 2 is 2.00 bits per heavy atom. The van der Waals surface area contributed by atoms with E-state index in [0.717, 1.165) is 6.07 Å². The molecule has 2 nitrogen and oxygen atoms in total. The molecule has 1 aromatic rings. The minimum Gasteiger partial charge on any atom is -0.383 e. The molecule has 0 spiro atoms. The van der Waals surface area contributed by atoms with Gasteiger partial charge in [0.2, 0.25) is 0 Å². The molecule has 0 aliphatic rings. The Balaban J connectivity index is 3.13. The largest absolute Gasteiger partial charge is 0.419 e. The lowest BCUT2D eigenvalue weighted by molar-refractivity contribution is -0.137. The van der Waals surface area contributed by atoms with E-state index >= 15 is 0 Å². The summed E-state index contributed by atoms with van der Waals surface area (Å²) in [5, 5.41) is 0.384. The van der Waals surface area contributed by atoms with E-state index in [9.17, 15) is 13.2 Å². The SMILES string of the molecule is Nc1nc(CBr)ccc1C(F)(F)F. The number of alkyl halides is 4. The third-order valence-electron chi connectivity index (χ3n) is 1.42. The fourth-order valence-electron chi connectivity index (χ4n) is 0.831. The van der Waals surface area contributed by atoms with Gasteiger partial charge in [-0.05, 0) is 12.1 Å². The van der Waals surface area contributed by atoms with Crippen molar-refractivity contribution >= 4 is 21.7 Å². The highest BCUT2D eigenvalue weighted by Crippen LogP contribution is 2.32. The van der Waals surface area contributed by atoms with Crippen LogP contribution < -0.4 is 5.73 Å². The molecule has 0 aromatic carbocycles. The van der Waals surface area contributed by atoms with E-state index in [1.54, 1.807) is 0 Å². The molecular formula is C7H6BrF3N2. The molecule has 6 heteroatoms. The molecule has 0 aliphatic heterocycles. The van der Waals surface area contributed by atoms with Gasteiger partial charge in [-0.15, -0.1) is 0 Å². The summed E-state index contributed by atoms with van der Waals surface area (Å²) in [5.74, 6) is -0.482. The van der Waals surface area contributed by atoms with Gasteiger partial charge in [-0.25, -0.2) is 4.98 Å². The Hall–Kier alpha value is -0.780. The van der Waals surface area contributed by atoms with Gasteiger partial charge in [0.25, 0.3) is 0 Å². The molecule has 0 fully saturated rings. The molecule has 0 atom stereocenters. The quantitative estimate of drug-likeness (QED) is 0.783. The number of aromatic nitrogens is 1. The van der Waals surface area contributed by atoms with E-state index in [1.807, 2.05) is 0 Å². The maximum absolute atomic E-state index is 12.2. The number of hydrogen-bond donors (Lipinski definition) is 1. The molecule has 13 heavy (non-hydrogen) atoms. The van der Waals surface area contributed by atoms with Gasteiger partial charge < -0.3 is 5.73 Å². The highest BCUT2D eigenvalue weighted by Gasteiger charge is 2.33. The smallest absolute Gasteiger partial charge is 0.383 e. The monoisotopic (exact) mass is 254 g/mol. The average molecular weight is 255 g/mol. The van der Waals surface area contributed by atoms with Crippen molar-refractivity contribution in [2.24, 2.45) is 0 Å². The number of nitrogens with zero attached hydrogens (tertiary/aromatic N) is 1. The summed E-state index contributed by atoms with van der Waals surface area (Å²) in [4.78, 5) is 3.57. The summed E-state index contributed by atoms with van der Waals surface area (Å²) in [5.41, 5.74) is 4.72. The van der Waals surface area contributed by atoms with Crippen molar-refractivity contribution in [2.75, 3.05) is 5.73 Å². The number of anilines is 1. The first-order valence-electron chi connectivity index (χ1n) is 3.33. The molecule has 0 unspecified atom stereocenters. The predicted molar refractivity (Wildman–Crippen MR) is 46.3 cm³/mol. The minimum absolute atomic E-state index is 0.384. The second-order valence-corrected chi connectivity index (χ2v) is 2.93. The summed E-state index contributed by atoms with van der Waals surface area (Å²) >= 11 is 3.07. The summed E-state index contributed by atoms with van der Waals surface area (Å²) < 4.78 is 36.5. The van der Waals surface area contributed by atoms with Crippen LogP contribution in [0, 0.1) is 0 Å². The van der Waals surface area contributed by atoms with Crippen LogP contribution in [-0.4, -0.2) is 4.98 Å². The first-order chi connectivity index (χ1) is 5.95. The lowest BCUT2D eigenvalue weighted by Gasteiger charge is -2.09. The number of nitrogens with two attached hydrogens (primary N) is 1. The Kier molecular flexibility index (Phi) is 2.80. The fraction of sp³-hybridized carbons (Fsp3) is 0.286. The molecule has 0 saturated heterocycles. The molecule has 1 rings (SSSR count). The molecule has 1 heterocycles. The molecule has 0 saturated carbocycles. The van der Waals surface area contributed by atoms with Gasteiger partial charge in [0, 0.05) is 5.33 Å². The molecule has 2 N–H and O–H groups in total. The van der Waals surface area contributed by atoms with E-state index in [1.165, 1.54) is 6.07 Å². The summed E-state index contributed by atoms with van der Waals surface area (Å²) in [6.07, 6.45) is -4.43. The molecule has 0 bridgehead atoms. The van der Waals surface area contributed by atoms with Gasteiger partial charge in [0.1, 0.15) is 5.82 Å². The van der Waals surface area contributed by atoms with Crippen LogP contribution in [0.2, 0.25) is 0 Å². The summed E-state index contributed by atoms with van der Waals surface area (Å²) in [6.45, 7) is 0. The van der Waals surface area contributed by atoms with E-state index in [-0.39, 0.29) is 0 Å². The van der Waals surface area contributed by atoms with Crippen molar-refractivity contribution < 1.29 is 13.2 Å². The Labute approximate surface area is 81.1 Å². The summed E-state index contributed by atoms with van der Waals surface area (Å²) in [6, 6.07) is 2.22. The number of halogens is 4. The lowest BCUT2D eigenvalue weighted by Crippen LogP contribution is -2.10. The minimum atomic E-state index is -4.43. The topological polar surface area (TPSA) is 38.9 Å². The Morgan fingerprint density at radius 3 is 2.38 bits per heavy atom. The van der Waals surface area contributed by atoms with E-state index in [0.29, 0.717) is 11.0 Å². The highest BCUT2D eigenvalue weighted by atomic mass is 79.9. The first-order valence-corrected chi connectivity index (χ1v) is 4.46. The zero-order valence-corrected chi connectivity index (χ0v) is 7.98. The normalized spacial score (nSPS) is 11.7. The maximum atomic E-state index is 12.2. The van der Waals surface area contributed by atoms with Gasteiger partial charge in [0.15, 0.2) is 0 Å². The molecule has 0 radical (unpaired) electrons. The molecular weight excluding hydrogens is 249 g/mol. The van der Waals surface area contributed by atoms with Crippen LogP contribution in [0.1, 0.15) is 11.3 Å². The Morgan fingerprint density at radius 1 is 1.38 bits per heavy atom. The van der Waals surface area contributed by atoms with Gasteiger partial charge in [-0.2, -0.15) is 13.2 Å². The molecule has 0 aliphatic carbocycles. The van der Waals surface area contributed by atoms with Crippen LogP contribution in [0.15, 0.2) is 12.1 Å². The predicted octanol–water partition coefficient (Wildman–Crippen LogP) is 2.58. The van der Waals surface area contributed by atoms with Crippen molar-refractivity contribution in [3.05, 3.63) is 23.4 Å². The molecule has 1 aromatic heterocycles. The zero-order valence-electron chi connectivity index (χ0n) is 6.40. The molecule has 72 valence electrons. The van der Waals surface area contributed by atoms with Crippen molar-refractivity contribution in [3.63, 3.8) is 0 Å². The van der Waals surface area contributed by atoms with Crippen LogP contribution in [0.5, 0.6) is 0 Å². The van der Waals surface area contributed by atoms with E-state index in [2.05, 4.69) is 20.9 Å². The highest BCUT2D eigenvalue weighted by molar-refractivity contribution is 9.08. The fourth-order valence-corrected chi connectivity index (χ4v) is 1.14. The van der Waals surface area contributed by atoms with E-state index in [4.69, 9.17) is 5.73 Å². The molecule has 0 amide bonds. The van der Waals surface area contributed by atoms with Crippen LogP contribution in [-0.2, 0) is 11.5 Å². The average Bonchev–Trinajstić information content (AvgIpc) is 2.01. The van der Waals surface area contributed by atoms with Crippen molar-refractivity contribution in [1.82, 2.24) is 4.98 Å². The van der Waals surface area contributed by atoms with Gasteiger partial charge >= 0.3 is 6.18 Å². The van der Waals surface area contributed by atoms with Crippen LogP contribution in [0.3, 0.4) is 0 Å². The van der Waals surface area contributed by atoms with Crippen molar-refractivity contribution in [2.45, 2.75) is 11.5 Å². The van der Waals surface area contributed by atoms with Crippen LogP contribution >= 0.6 is 15.9 Å². The number of rotatable bonds is 1. The van der Waals surface area contributed by atoms with Gasteiger partial charge in [-0.1, -0.05) is 15.9 Å². The third kappa shape index (κ3) is 2.33. The van der Waals surface area contributed by atoms with Crippen molar-refractivity contribution in [1.29, 1.82) is 0 Å². The van der Waals surface area contributed by atoms with Gasteiger partial charge in [-0.3, -0.25) is 0 Å². The number of hydrogen-bond acceptors (Lipinski definition) is 2. The van der Waals surface area contributed by atoms with Crippen molar-refractivity contribution in [3.8, 4) is 0 Å². The first kappa shape index (κ1) is 10.3. The standard InChI is InChI=1S/C7H6BrF3N2/c8-3-4-1-2-5(6(12)13-4)7(9,10)11/h1-2H,3H2,(H2,12,13). The summed E-state index contributed by atoms with van der Waals surface area (Å²) in [7, 11) is 0. The van der Waals surface area contributed by atoms with Crippen LogP contribution in [0.4, 0.5) is 19.0 Å². The Bertz CT molecular complexity index is 311. The van der Waals surface area contributed by atoms with E-state index < -0.39 is 17.6 Å². The lowest BCUT2D eigenvalue weighted by atomic mass is 10.2. The zero-order chi connectivity index (χ0) is 10.1. The number of pyridine rings is 1. The number of nitrogen functional groups attached to an aromatic ring is 1. The second kappa shape index (κ2) is 3.53. The maximum Gasteiger partial charge on any atom is 0.419 e.